The molecular weight excluding hydrogens is 316 g/mol. The van der Waals surface area contributed by atoms with Crippen molar-refractivity contribution in [2.24, 2.45) is 0 Å². The summed E-state index contributed by atoms with van der Waals surface area (Å²) in [6.07, 6.45) is 0. The topological polar surface area (TPSA) is 66.4 Å². The second-order valence-electron chi connectivity index (χ2n) is 4.37. The first-order chi connectivity index (χ1) is 10.4. The predicted molar refractivity (Wildman–Crippen MR) is 77.6 cm³/mol. The van der Waals surface area contributed by atoms with E-state index in [2.05, 4.69) is 5.32 Å². The average Bonchev–Trinajstić information content (AvgIpc) is 2.48. The number of aromatic carboxylic acids is 1. The van der Waals surface area contributed by atoms with Gasteiger partial charge in [0.25, 0.3) is 5.91 Å². The number of carbonyl (C=O) groups excluding carboxylic acids is 1. The van der Waals surface area contributed by atoms with Crippen molar-refractivity contribution in [1.82, 2.24) is 0 Å². The van der Waals surface area contributed by atoms with Gasteiger partial charge in [-0.3, -0.25) is 4.79 Å². The summed E-state index contributed by atoms with van der Waals surface area (Å²) >= 11 is 5.88. The van der Waals surface area contributed by atoms with E-state index in [-0.39, 0.29) is 16.3 Å². The van der Waals surface area contributed by atoms with Crippen molar-refractivity contribution in [2.75, 3.05) is 5.32 Å². The van der Waals surface area contributed by atoms with E-state index < -0.39 is 29.9 Å². The summed E-state index contributed by atoms with van der Waals surface area (Å²) in [6, 6.07) is 7.59. The molecular formula is C15H10ClF2NO3. The first-order valence-corrected chi connectivity index (χ1v) is 6.49. The second-order valence-corrected chi connectivity index (χ2v) is 4.78. The molecule has 0 saturated carbocycles. The molecule has 0 aliphatic rings. The summed E-state index contributed by atoms with van der Waals surface area (Å²) in [4.78, 5) is 22.9. The molecule has 1 amide bonds. The third kappa shape index (κ3) is 3.23. The first-order valence-electron chi connectivity index (χ1n) is 6.11. The number of hydrogen-bond donors (Lipinski definition) is 2. The summed E-state index contributed by atoms with van der Waals surface area (Å²) in [6.45, 7) is -0.725. The van der Waals surface area contributed by atoms with Crippen LogP contribution in [-0.2, 0) is 6.67 Å². The highest BCUT2D eigenvalue weighted by Crippen LogP contribution is 2.22. The van der Waals surface area contributed by atoms with Crippen LogP contribution in [0.1, 0.15) is 26.3 Å². The molecule has 2 aromatic rings. The minimum atomic E-state index is -1.45. The van der Waals surface area contributed by atoms with Crippen LogP contribution >= 0.6 is 11.6 Å². The van der Waals surface area contributed by atoms with Crippen molar-refractivity contribution in [3.8, 4) is 0 Å². The molecule has 0 bridgehead atoms. The molecule has 4 nitrogen and oxygen atoms in total. The van der Waals surface area contributed by atoms with Crippen LogP contribution < -0.4 is 5.32 Å². The molecule has 0 saturated heterocycles. The Bertz CT molecular complexity index is 750. The summed E-state index contributed by atoms with van der Waals surface area (Å²) in [5.74, 6) is -3.23. The van der Waals surface area contributed by atoms with Gasteiger partial charge in [0.1, 0.15) is 6.67 Å². The number of nitrogens with one attached hydrogen (secondary N) is 1. The fraction of sp³-hybridized carbons (Fsp3) is 0.0667. The van der Waals surface area contributed by atoms with Gasteiger partial charge in [0, 0.05) is 0 Å². The van der Waals surface area contributed by atoms with E-state index >= 15 is 0 Å². The lowest BCUT2D eigenvalue weighted by Gasteiger charge is -2.09. The second kappa shape index (κ2) is 6.53. The van der Waals surface area contributed by atoms with Crippen LogP contribution in [0, 0.1) is 5.82 Å². The number of benzene rings is 2. The zero-order valence-corrected chi connectivity index (χ0v) is 11.8. The van der Waals surface area contributed by atoms with Crippen molar-refractivity contribution >= 4 is 29.2 Å². The smallest absolute Gasteiger partial charge is 0.338 e. The predicted octanol–water partition coefficient (Wildman–Crippen LogP) is 3.90. The van der Waals surface area contributed by atoms with Gasteiger partial charge < -0.3 is 10.4 Å². The van der Waals surface area contributed by atoms with Crippen LogP contribution in [0.15, 0.2) is 36.4 Å². The molecule has 0 heterocycles. The van der Waals surface area contributed by atoms with E-state index in [0.29, 0.717) is 5.56 Å². The Kier molecular flexibility index (Phi) is 4.72. The maximum atomic E-state index is 13.9. The fourth-order valence-electron chi connectivity index (χ4n) is 1.81. The van der Waals surface area contributed by atoms with Crippen molar-refractivity contribution < 1.29 is 23.5 Å². The molecule has 2 N–H and O–H groups in total. The zero-order valence-electron chi connectivity index (χ0n) is 11.1. The van der Waals surface area contributed by atoms with Crippen LogP contribution in [0.25, 0.3) is 0 Å². The maximum Gasteiger partial charge on any atom is 0.338 e. The van der Waals surface area contributed by atoms with Gasteiger partial charge in [0.15, 0.2) is 5.82 Å². The lowest BCUT2D eigenvalue weighted by molar-refractivity contribution is 0.0691. The Balaban J connectivity index is 2.30. The maximum absolute atomic E-state index is 13.9. The number of amides is 1. The minimum absolute atomic E-state index is 0.0162. The molecule has 0 atom stereocenters. The number of carbonyl (C=O) groups is 2. The first kappa shape index (κ1) is 15.9. The lowest BCUT2D eigenvalue weighted by atomic mass is 10.1. The van der Waals surface area contributed by atoms with E-state index in [0.717, 1.165) is 6.07 Å². The third-order valence-electron chi connectivity index (χ3n) is 2.91. The molecule has 0 aromatic heterocycles. The quantitative estimate of drug-likeness (QED) is 0.896. The molecule has 0 aliphatic carbocycles. The van der Waals surface area contributed by atoms with Gasteiger partial charge in [-0.15, -0.1) is 0 Å². The van der Waals surface area contributed by atoms with Gasteiger partial charge in [0.05, 0.1) is 21.8 Å². The molecule has 114 valence electrons. The summed E-state index contributed by atoms with van der Waals surface area (Å²) in [7, 11) is 0. The molecule has 2 aromatic carbocycles. The van der Waals surface area contributed by atoms with Gasteiger partial charge in [0.2, 0.25) is 0 Å². The Morgan fingerprint density at radius 2 is 1.91 bits per heavy atom. The highest BCUT2D eigenvalue weighted by molar-refractivity contribution is 6.34. The number of anilines is 1. The average molecular weight is 326 g/mol. The minimum Gasteiger partial charge on any atom is -0.478 e. The van der Waals surface area contributed by atoms with E-state index in [1.54, 1.807) is 0 Å². The normalized spacial score (nSPS) is 10.3. The van der Waals surface area contributed by atoms with Crippen molar-refractivity contribution in [2.45, 2.75) is 6.67 Å². The number of carboxylic acid groups (broad SMARTS) is 1. The number of rotatable bonds is 4. The monoisotopic (exact) mass is 325 g/mol. The Morgan fingerprint density at radius 3 is 2.50 bits per heavy atom. The third-order valence-corrected chi connectivity index (χ3v) is 3.22. The Labute approximate surface area is 129 Å². The molecule has 0 spiro atoms. The number of alkyl halides is 1. The molecule has 0 radical (unpaired) electrons. The van der Waals surface area contributed by atoms with Crippen LogP contribution in [0.5, 0.6) is 0 Å². The van der Waals surface area contributed by atoms with Gasteiger partial charge in [-0.05, 0) is 29.8 Å². The molecule has 22 heavy (non-hydrogen) atoms. The molecule has 2 rings (SSSR count). The van der Waals surface area contributed by atoms with Gasteiger partial charge >= 0.3 is 5.97 Å². The Hall–Kier alpha value is -2.47. The zero-order chi connectivity index (χ0) is 16.3. The summed E-state index contributed by atoms with van der Waals surface area (Å²) in [5, 5.41) is 11.1. The number of halogens is 3. The highest BCUT2D eigenvalue weighted by Gasteiger charge is 2.17. The lowest BCUT2D eigenvalue weighted by Crippen LogP contribution is -2.15. The number of carboxylic acids is 1. The van der Waals surface area contributed by atoms with Crippen molar-refractivity contribution in [1.29, 1.82) is 0 Å². The Morgan fingerprint density at radius 1 is 1.18 bits per heavy atom. The van der Waals surface area contributed by atoms with Gasteiger partial charge in [-0.25, -0.2) is 13.6 Å². The van der Waals surface area contributed by atoms with Crippen molar-refractivity contribution in [3.63, 3.8) is 0 Å². The van der Waals surface area contributed by atoms with Crippen LogP contribution in [0.4, 0.5) is 14.5 Å². The van der Waals surface area contributed by atoms with E-state index in [1.165, 1.54) is 30.3 Å². The standard InChI is InChI=1S/C15H10ClF2NO3/c16-11-6-8(7-17)4-5-9(11)14(20)19-12-3-1-2-10(13(12)18)15(21)22/h1-6H,7H2,(H,19,20)(H,21,22). The molecule has 0 fully saturated rings. The van der Waals surface area contributed by atoms with Gasteiger partial charge in [-0.1, -0.05) is 23.7 Å². The summed E-state index contributed by atoms with van der Waals surface area (Å²) in [5.41, 5.74) is -0.508. The molecule has 0 unspecified atom stereocenters. The van der Waals surface area contributed by atoms with E-state index in [4.69, 9.17) is 16.7 Å². The van der Waals surface area contributed by atoms with Crippen molar-refractivity contribution in [3.05, 3.63) is 63.9 Å². The van der Waals surface area contributed by atoms with E-state index in [1.807, 2.05) is 0 Å². The fourth-order valence-corrected chi connectivity index (χ4v) is 2.10. The van der Waals surface area contributed by atoms with Crippen LogP contribution in [-0.4, -0.2) is 17.0 Å². The van der Waals surface area contributed by atoms with E-state index in [9.17, 15) is 18.4 Å². The van der Waals surface area contributed by atoms with Crippen LogP contribution in [0.2, 0.25) is 5.02 Å². The van der Waals surface area contributed by atoms with Gasteiger partial charge in [-0.2, -0.15) is 0 Å². The highest BCUT2D eigenvalue weighted by atomic mass is 35.5. The summed E-state index contributed by atoms with van der Waals surface area (Å²) < 4.78 is 26.4. The largest absolute Gasteiger partial charge is 0.478 e. The van der Waals surface area contributed by atoms with Crippen LogP contribution in [0.3, 0.4) is 0 Å². The molecule has 0 aliphatic heterocycles. The molecule has 7 heteroatoms. The number of hydrogen-bond acceptors (Lipinski definition) is 2. The SMILES string of the molecule is O=C(Nc1cccc(C(=O)O)c1F)c1ccc(CF)cc1Cl.